The number of ether oxygens (including phenoxy) is 1. The average Bonchev–Trinajstić information content (AvgIpc) is 2.34. The summed E-state index contributed by atoms with van der Waals surface area (Å²) >= 11 is 0. The zero-order valence-electron chi connectivity index (χ0n) is 9.85. The Balaban J connectivity index is 2.49. The first-order valence-corrected chi connectivity index (χ1v) is 5.38. The molecule has 0 fully saturated rings. The molecule has 17 heavy (non-hydrogen) atoms. The van der Waals surface area contributed by atoms with E-state index in [0.29, 0.717) is 6.42 Å². The second-order valence-corrected chi connectivity index (χ2v) is 3.94. The van der Waals surface area contributed by atoms with Crippen molar-refractivity contribution in [1.82, 2.24) is 0 Å². The van der Waals surface area contributed by atoms with Gasteiger partial charge in [0.25, 0.3) is 0 Å². The summed E-state index contributed by atoms with van der Waals surface area (Å²) in [5, 5.41) is 8.85. The van der Waals surface area contributed by atoms with Gasteiger partial charge in [-0.1, -0.05) is 35.9 Å². The monoisotopic (exact) mass is 229 g/mol. The van der Waals surface area contributed by atoms with E-state index in [0.717, 1.165) is 11.1 Å². The Morgan fingerprint density at radius 2 is 2.12 bits per heavy atom. The van der Waals surface area contributed by atoms with Crippen LogP contribution in [-0.2, 0) is 16.1 Å². The summed E-state index contributed by atoms with van der Waals surface area (Å²) in [7, 11) is 0. The van der Waals surface area contributed by atoms with E-state index in [4.69, 9.17) is 10.00 Å². The van der Waals surface area contributed by atoms with Crippen LogP contribution in [0.1, 0.15) is 18.9 Å². The van der Waals surface area contributed by atoms with Gasteiger partial charge in [0.15, 0.2) is 0 Å². The lowest BCUT2D eigenvalue weighted by Crippen LogP contribution is -2.16. The van der Waals surface area contributed by atoms with Crippen molar-refractivity contribution in [2.45, 2.75) is 20.0 Å². The Kier molecular flexibility index (Phi) is 4.96. The number of esters is 1. The molecule has 0 saturated carbocycles. The first-order valence-electron chi connectivity index (χ1n) is 5.38. The lowest BCUT2D eigenvalue weighted by atomic mass is 10.0. The standard InChI is InChI=1S/C14H15NO2/c1-11(2)8-13(9-15)14(16)17-10-12-6-4-3-5-7-12/h3-7,13H,1,8,10H2,2H3. The second-order valence-electron chi connectivity index (χ2n) is 3.94. The number of carbonyl (C=O) groups excluding carboxylic acids is 1. The third-order valence-corrected chi connectivity index (χ3v) is 2.22. The molecule has 3 heteroatoms. The molecular formula is C14H15NO2. The Morgan fingerprint density at radius 1 is 1.47 bits per heavy atom. The van der Waals surface area contributed by atoms with E-state index in [1.165, 1.54) is 0 Å². The van der Waals surface area contributed by atoms with Gasteiger partial charge in [-0.15, -0.1) is 6.58 Å². The van der Waals surface area contributed by atoms with E-state index in [1.54, 1.807) is 6.92 Å². The van der Waals surface area contributed by atoms with Crippen LogP contribution in [0.4, 0.5) is 0 Å². The van der Waals surface area contributed by atoms with Crippen LogP contribution in [0.5, 0.6) is 0 Å². The molecule has 1 atom stereocenters. The largest absolute Gasteiger partial charge is 0.460 e. The van der Waals surface area contributed by atoms with Gasteiger partial charge in [0.05, 0.1) is 6.07 Å². The van der Waals surface area contributed by atoms with Gasteiger partial charge in [-0.2, -0.15) is 5.26 Å². The maximum Gasteiger partial charge on any atom is 0.323 e. The van der Waals surface area contributed by atoms with Gasteiger partial charge in [-0.25, -0.2) is 0 Å². The zero-order valence-corrected chi connectivity index (χ0v) is 9.85. The number of rotatable bonds is 5. The van der Waals surface area contributed by atoms with E-state index in [9.17, 15) is 4.79 Å². The quantitative estimate of drug-likeness (QED) is 0.576. The van der Waals surface area contributed by atoms with Gasteiger partial charge < -0.3 is 4.74 Å². The first-order chi connectivity index (χ1) is 8.13. The fourth-order valence-electron chi connectivity index (χ4n) is 1.36. The summed E-state index contributed by atoms with van der Waals surface area (Å²) in [5.41, 5.74) is 1.71. The van der Waals surface area contributed by atoms with Crippen LogP contribution in [-0.4, -0.2) is 5.97 Å². The molecule has 0 heterocycles. The van der Waals surface area contributed by atoms with Crippen molar-refractivity contribution in [2.75, 3.05) is 0 Å². The van der Waals surface area contributed by atoms with Gasteiger partial charge in [0.1, 0.15) is 12.5 Å². The van der Waals surface area contributed by atoms with Crippen molar-refractivity contribution < 1.29 is 9.53 Å². The van der Waals surface area contributed by atoms with Crippen LogP contribution < -0.4 is 0 Å². The summed E-state index contributed by atoms with van der Waals surface area (Å²) in [5.74, 6) is -1.24. The van der Waals surface area contributed by atoms with Gasteiger partial charge in [-0.3, -0.25) is 4.79 Å². The van der Waals surface area contributed by atoms with Crippen LogP contribution >= 0.6 is 0 Å². The molecule has 1 aromatic carbocycles. The SMILES string of the molecule is C=C(C)CC(C#N)C(=O)OCc1ccccc1. The highest BCUT2D eigenvalue weighted by Gasteiger charge is 2.19. The Labute approximate surface area is 101 Å². The lowest BCUT2D eigenvalue weighted by molar-refractivity contribution is -0.147. The lowest BCUT2D eigenvalue weighted by Gasteiger charge is -2.09. The Bertz CT molecular complexity index is 431. The fourth-order valence-corrected chi connectivity index (χ4v) is 1.36. The summed E-state index contributed by atoms with van der Waals surface area (Å²) in [6, 6.07) is 11.3. The number of hydrogen-bond donors (Lipinski definition) is 0. The molecule has 1 aromatic rings. The van der Waals surface area contributed by atoms with Gasteiger partial charge in [0, 0.05) is 0 Å². The maximum absolute atomic E-state index is 11.6. The summed E-state index contributed by atoms with van der Waals surface area (Å²) in [6.07, 6.45) is 0.351. The molecule has 0 spiro atoms. The van der Waals surface area contributed by atoms with Crippen molar-refractivity contribution >= 4 is 5.97 Å². The number of nitrogens with zero attached hydrogens (tertiary/aromatic N) is 1. The Hall–Kier alpha value is -2.08. The molecular weight excluding hydrogens is 214 g/mol. The van der Waals surface area contributed by atoms with Gasteiger partial charge in [0.2, 0.25) is 0 Å². The first kappa shape index (κ1) is 13.0. The molecule has 1 unspecified atom stereocenters. The van der Waals surface area contributed by atoms with E-state index in [-0.39, 0.29) is 6.61 Å². The van der Waals surface area contributed by atoms with Crippen molar-refractivity contribution in [3.05, 3.63) is 48.0 Å². The minimum atomic E-state index is -0.754. The number of hydrogen-bond acceptors (Lipinski definition) is 3. The molecule has 0 aromatic heterocycles. The van der Waals surface area contributed by atoms with E-state index in [1.807, 2.05) is 36.4 Å². The van der Waals surface area contributed by atoms with Crippen molar-refractivity contribution in [3.8, 4) is 6.07 Å². The molecule has 0 bridgehead atoms. The van der Waals surface area contributed by atoms with Gasteiger partial charge >= 0.3 is 5.97 Å². The molecule has 0 N–H and O–H groups in total. The predicted octanol–water partition coefficient (Wildman–Crippen LogP) is 2.84. The van der Waals surface area contributed by atoms with Crippen molar-refractivity contribution in [3.63, 3.8) is 0 Å². The minimum absolute atomic E-state index is 0.202. The maximum atomic E-state index is 11.6. The average molecular weight is 229 g/mol. The van der Waals surface area contributed by atoms with E-state index >= 15 is 0 Å². The molecule has 3 nitrogen and oxygen atoms in total. The smallest absolute Gasteiger partial charge is 0.323 e. The topological polar surface area (TPSA) is 50.1 Å². The Morgan fingerprint density at radius 3 is 2.65 bits per heavy atom. The molecule has 0 amide bonds. The molecule has 0 aliphatic rings. The third kappa shape index (κ3) is 4.52. The van der Waals surface area contributed by atoms with Crippen LogP contribution in [0.25, 0.3) is 0 Å². The van der Waals surface area contributed by atoms with Crippen molar-refractivity contribution in [1.29, 1.82) is 5.26 Å². The number of allylic oxidation sites excluding steroid dienone is 1. The van der Waals surface area contributed by atoms with Gasteiger partial charge in [-0.05, 0) is 18.9 Å². The van der Waals surface area contributed by atoms with Crippen LogP contribution in [0.3, 0.4) is 0 Å². The normalized spacial score (nSPS) is 11.3. The molecule has 0 aliphatic heterocycles. The van der Waals surface area contributed by atoms with Crippen LogP contribution in [0.2, 0.25) is 0 Å². The highest BCUT2D eigenvalue weighted by atomic mass is 16.5. The summed E-state index contributed by atoms with van der Waals surface area (Å²) in [6.45, 7) is 5.67. The number of nitriles is 1. The van der Waals surface area contributed by atoms with Crippen LogP contribution in [0, 0.1) is 17.2 Å². The second kappa shape index (κ2) is 6.49. The molecule has 0 radical (unpaired) electrons. The third-order valence-electron chi connectivity index (χ3n) is 2.22. The molecule has 0 aliphatic carbocycles. The molecule has 0 saturated heterocycles. The number of benzene rings is 1. The highest BCUT2D eigenvalue weighted by Crippen LogP contribution is 2.12. The molecule has 88 valence electrons. The predicted molar refractivity (Wildman–Crippen MR) is 64.8 cm³/mol. The number of carbonyl (C=O) groups is 1. The van der Waals surface area contributed by atoms with Crippen molar-refractivity contribution in [2.24, 2.45) is 5.92 Å². The van der Waals surface area contributed by atoms with E-state index in [2.05, 4.69) is 6.58 Å². The van der Waals surface area contributed by atoms with E-state index < -0.39 is 11.9 Å². The van der Waals surface area contributed by atoms with Crippen LogP contribution in [0.15, 0.2) is 42.5 Å². The summed E-state index contributed by atoms with van der Waals surface area (Å²) < 4.78 is 5.08. The minimum Gasteiger partial charge on any atom is -0.460 e. The molecule has 1 rings (SSSR count). The summed E-state index contributed by atoms with van der Waals surface area (Å²) in [4.78, 5) is 11.6. The zero-order chi connectivity index (χ0) is 12.7. The highest BCUT2D eigenvalue weighted by molar-refractivity contribution is 5.75. The fraction of sp³-hybridized carbons (Fsp3) is 0.286.